The molecule has 0 unspecified atom stereocenters. The number of likely N-dealkylation sites (N-methyl/N-ethyl adjacent to an activating group) is 2. The van der Waals surface area contributed by atoms with Crippen LogP contribution in [-0.4, -0.2) is 31.2 Å². The molecule has 0 aliphatic heterocycles. The van der Waals surface area contributed by atoms with Crippen molar-refractivity contribution in [3.63, 3.8) is 0 Å². The number of hydrogen-bond acceptors (Lipinski definition) is 3. The minimum atomic E-state index is 0. The minimum Gasteiger partial charge on any atom is -0.358 e. The van der Waals surface area contributed by atoms with Gasteiger partial charge in [0.2, 0.25) is 0 Å². The summed E-state index contributed by atoms with van der Waals surface area (Å²) >= 11 is 5.78. The zero-order valence-electron chi connectivity index (χ0n) is 9.90. The fourth-order valence-corrected chi connectivity index (χ4v) is 1.62. The van der Waals surface area contributed by atoms with Gasteiger partial charge in [-0.1, -0.05) is 18.5 Å². The number of nitrogens with one attached hydrogen (secondary N) is 1. The molecular formula is C11H19Cl2N3. The number of rotatable bonds is 5. The molecule has 0 aliphatic carbocycles. The van der Waals surface area contributed by atoms with Crippen LogP contribution in [0.25, 0.3) is 0 Å². The van der Waals surface area contributed by atoms with E-state index in [9.17, 15) is 0 Å². The average Bonchev–Trinajstić information content (AvgIpc) is 2.18. The third kappa shape index (κ3) is 5.01. The van der Waals surface area contributed by atoms with Gasteiger partial charge < -0.3 is 10.2 Å². The highest BCUT2D eigenvalue weighted by Gasteiger charge is 2.06. The summed E-state index contributed by atoms with van der Waals surface area (Å²) in [6.07, 6.45) is 1.67. The number of halogens is 2. The van der Waals surface area contributed by atoms with Gasteiger partial charge in [0.25, 0.3) is 0 Å². The topological polar surface area (TPSA) is 28.2 Å². The second-order valence-electron chi connectivity index (χ2n) is 3.67. The number of nitrogens with zero attached hydrogens (tertiary/aromatic N) is 2. The summed E-state index contributed by atoms with van der Waals surface area (Å²) in [7, 11) is 2.03. The summed E-state index contributed by atoms with van der Waals surface area (Å²) < 4.78 is 0. The SMILES string of the molecule is CCN[C@@H](C)CN(C)c1ccc(Cl)cn1.Cl. The zero-order chi connectivity index (χ0) is 11.3. The van der Waals surface area contributed by atoms with E-state index in [1.807, 2.05) is 19.2 Å². The molecule has 1 atom stereocenters. The first kappa shape index (κ1) is 15.5. The summed E-state index contributed by atoms with van der Waals surface area (Å²) in [5.41, 5.74) is 0. The molecule has 1 aromatic heterocycles. The zero-order valence-corrected chi connectivity index (χ0v) is 11.5. The van der Waals surface area contributed by atoms with Crippen molar-refractivity contribution in [2.24, 2.45) is 0 Å². The lowest BCUT2D eigenvalue weighted by Crippen LogP contribution is -2.37. The van der Waals surface area contributed by atoms with Gasteiger partial charge in [0.05, 0.1) is 5.02 Å². The summed E-state index contributed by atoms with van der Waals surface area (Å²) in [6, 6.07) is 4.25. The van der Waals surface area contributed by atoms with Crippen LogP contribution in [-0.2, 0) is 0 Å². The molecule has 0 fully saturated rings. The molecule has 1 aromatic rings. The number of hydrogen-bond donors (Lipinski definition) is 1. The molecule has 0 spiro atoms. The maximum Gasteiger partial charge on any atom is 0.128 e. The first-order valence-electron chi connectivity index (χ1n) is 5.19. The van der Waals surface area contributed by atoms with E-state index >= 15 is 0 Å². The standard InChI is InChI=1S/C11H18ClN3.ClH/c1-4-13-9(2)8-15(3)11-6-5-10(12)7-14-11;/h5-7,9,13H,4,8H2,1-3H3;1H/t9-;/m0./s1. The quantitative estimate of drug-likeness (QED) is 0.886. The van der Waals surface area contributed by atoms with Crippen LogP contribution in [0, 0.1) is 0 Å². The molecule has 5 heteroatoms. The molecule has 1 N–H and O–H groups in total. The minimum absolute atomic E-state index is 0. The molecule has 1 heterocycles. The van der Waals surface area contributed by atoms with Crippen molar-refractivity contribution in [3.8, 4) is 0 Å². The number of anilines is 1. The maximum absolute atomic E-state index is 5.78. The predicted octanol–water partition coefficient (Wildman–Crippen LogP) is 2.59. The highest BCUT2D eigenvalue weighted by atomic mass is 35.5. The van der Waals surface area contributed by atoms with Gasteiger partial charge in [-0.2, -0.15) is 0 Å². The van der Waals surface area contributed by atoms with Gasteiger partial charge >= 0.3 is 0 Å². The molecule has 0 saturated carbocycles. The Kier molecular flexibility index (Phi) is 7.47. The van der Waals surface area contributed by atoms with E-state index < -0.39 is 0 Å². The first-order chi connectivity index (χ1) is 7.13. The molecule has 16 heavy (non-hydrogen) atoms. The molecule has 0 bridgehead atoms. The summed E-state index contributed by atoms with van der Waals surface area (Å²) in [4.78, 5) is 6.37. The van der Waals surface area contributed by atoms with Crippen LogP contribution in [0.1, 0.15) is 13.8 Å². The Morgan fingerprint density at radius 2 is 2.19 bits per heavy atom. The summed E-state index contributed by atoms with van der Waals surface area (Å²) in [6.45, 7) is 6.19. The van der Waals surface area contributed by atoms with E-state index in [1.54, 1.807) is 6.20 Å². The maximum atomic E-state index is 5.78. The van der Waals surface area contributed by atoms with Crippen molar-refractivity contribution in [1.82, 2.24) is 10.3 Å². The second-order valence-corrected chi connectivity index (χ2v) is 4.11. The van der Waals surface area contributed by atoms with Gasteiger partial charge in [-0.15, -0.1) is 12.4 Å². The molecule has 3 nitrogen and oxygen atoms in total. The van der Waals surface area contributed by atoms with E-state index in [4.69, 9.17) is 11.6 Å². The molecule has 92 valence electrons. The first-order valence-corrected chi connectivity index (χ1v) is 5.57. The van der Waals surface area contributed by atoms with Gasteiger partial charge in [-0.3, -0.25) is 0 Å². The lowest BCUT2D eigenvalue weighted by Gasteiger charge is -2.22. The van der Waals surface area contributed by atoms with Crippen LogP contribution in [0.4, 0.5) is 5.82 Å². The number of pyridine rings is 1. The van der Waals surface area contributed by atoms with Gasteiger partial charge in [-0.25, -0.2) is 4.98 Å². The second kappa shape index (κ2) is 7.71. The smallest absolute Gasteiger partial charge is 0.128 e. The molecule has 0 radical (unpaired) electrons. The lowest BCUT2D eigenvalue weighted by atomic mass is 10.3. The van der Waals surface area contributed by atoms with E-state index in [-0.39, 0.29) is 12.4 Å². The van der Waals surface area contributed by atoms with E-state index in [0.717, 1.165) is 18.9 Å². The lowest BCUT2D eigenvalue weighted by molar-refractivity contribution is 0.563. The fourth-order valence-electron chi connectivity index (χ4n) is 1.51. The Morgan fingerprint density at radius 1 is 1.50 bits per heavy atom. The van der Waals surface area contributed by atoms with E-state index in [2.05, 4.69) is 29.0 Å². The normalized spacial score (nSPS) is 11.8. The Balaban J connectivity index is 0.00000225. The highest BCUT2D eigenvalue weighted by Crippen LogP contribution is 2.12. The Hall–Kier alpha value is -0.510. The average molecular weight is 264 g/mol. The van der Waals surface area contributed by atoms with Crippen molar-refractivity contribution in [2.75, 3.05) is 25.0 Å². The Bertz CT molecular complexity index is 290. The van der Waals surface area contributed by atoms with Crippen molar-refractivity contribution in [3.05, 3.63) is 23.4 Å². The monoisotopic (exact) mass is 263 g/mol. The molecule has 0 amide bonds. The van der Waals surface area contributed by atoms with Crippen LogP contribution in [0.5, 0.6) is 0 Å². The Morgan fingerprint density at radius 3 is 2.69 bits per heavy atom. The molecule has 1 rings (SSSR count). The van der Waals surface area contributed by atoms with Gasteiger partial charge in [-0.05, 0) is 25.6 Å². The summed E-state index contributed by atoms with van der Waals surface area (Å²) in [5.74, 6) is 0.948. The molecular weight excluding hydrogens is 245 g/mol. The van der Waals surface area contributed by atoms with Crippen molar-refractivity contribution < 1.29 is 0 Å². The van der Waals surface area contributed by atoms with Gasteiger partial charge in [0.15, 0.2) is 0 Å². The van der Waals surface area contributed by atoms with Crippen molar-refractivity contribution in [1.29, 1.82) is 0 Å². The molecule has 0 aromatic carbocycles. The van der Waals surface area contributed by atoms with Crippen LogP contribution in [0.3, 0.4) is 0 Å². The van der Waals surface area contributed by atoms with Crippen LogP contribution < -0.4 is 10.2 Å². The summed E-state index contributed by atoms with van der Waals surface area (Å²) in [5, 5.41) is 4.04. The third-order valence-corrected chi connectivity index (χ3v) is 2.43. The van der Waals surface area contributed by atoms with Gasteiger partial charge in [0, 0.05) is 25.8 Å². The van der Waals surface area contributed by atoms with Crippen LogP contribution >= 0.6 is 24.0 Å². The molecule has 0 aliphatic rings. The fraction of sp³-hybridized carbons (Fsp3) is 0.545. The van der Waals surface area contributed by atoms with E-state index in [1.165, 1.54) is 0 Å². The van der Waals surface area contributed by atoms with E-state index in [0.29, 0.717) is 11.1 Å². The number of aromatic nitrogens is 1. The van der Waals surface area contributed by atoms with Crippen LogP contribution in [0.2, 0.25) is 5.02 Å². The van der Waals surface area contributed by atoms with Crippen molar-refractivity contribution in [2.45, 2.75) is 19.9 Å². The van der Waals surface area contributed by atoms with Gasteiger partial charge in [0.1, 0.15) is 5.82 Å². The molecule has 0 saturated heterocycles. The third-order valence-electron chi connectivity index (χ3n) is 2.20. The highest BCUT2D eigenvalue weighted by molar-refractivity contribution is 6.30. The largest absolute Gasteiger partial charge is 0.358 e. The van der Waals surface area contributed by atoms with Crippen LogP contribution in [0.15, 0.2) is 18.3 Å². The van der Waals surface area contributed by atoms with Crippen molar-refractivity contribution >= 4 is 29.8 Å². The Labute approximate surface area is 109 Å². The predicted molar refractivity (Wildman–Crippen MR) is 72.9 cm³/mol.